The van der Waals surface area contributed by atoms with E-state index in [2.05, 4.69) is 47.0 Å². The third-order valence-electron chi connectivity index (χ3n) is 3.39. The molecular formula is C13H22N4. The minimum atomic E-state index is 0.219. The summed E-state index contributed by atoms with van der Waals surface area (Å²) in [5.41, 5.74) is 0.219. The van der Waals surface area contributed by atoms with E-state index in [9.17, 15) is 0 Å². The molecule has 1 N–H and O–H groups in total. The van der Waals surface area contributed by atoms with Crippen molar-refractivity contribution in [1.82, 2.24) is 9.97 Å². The van der Waals surface area contributed by atoms with E-state index in [0.717, 1.165) is 31.1 Å². The Bertz CT molecular complexity index is 375. The Morgan fingerprint density at radius 2 is 2.24 bits per heavy atom. The standard InChI is InChI=1S/C13H22N4/c1-4-7-14-11-9-12(16-10-15-11)17-8-5-6-13(17,2)3/h9-10H,4-8H2,1-3H3,(H,14,15,16). The summed E-state index contributed by atoms with van der Waals surface area (Å²) in [6, 6.07) is 2.06. The van der Waals surface area contributed by atoms with Crippen LogP contribution in [0.25, 0.3) is 0 Å². The molecular weight excluding hydrogens is 212 g/mol. The van der Waals surface area contributed by atoms with E-state index in [1.807, 2.05) is 0 Å². The highest BCUT2D eigenvalue weighted by atomic mass is 15.3. The molecule has 94 valence electrons. The summed E-state index contributed by atoms with van der Waals surface area (Å²) in [5.74, 6) is 1.97. The van der Waals surface area contributed by atoms with E-state index < -0.39 is 0 Å². The predicted octanol–water partition coefficient (Wildman–Crippen LogP) is 2.68. The Balaban J connectivity index is 2.15. The maximum atomic E-state index is 4.40. The van der Waals surface area contributed by atoms with Crippen molar-refractivity contribution >= 4 is 11.6 Å². The van der Waals surface area contributed by atoms with Gasteiger partial charge in [-0.25, -0.2) is 9.97 Å². The van der Waals surface area contributed by atoms with Gasteiger partial charge >= 0.3 is 0 Å². The van der Waals surface area contributed by atoms with Crippen LogP contribution in [0.2, 0.25) is 0 Å². The third kappa shape index (κ3) is 2.68. The summed E-state index contributed by atoms with van der Waals surface area (Å²) in [6.45, 7) is 8.76. The highest BCUT2D eigenvalue weighted by molar-refractivity contribution is 5.50. The lowest BCUT2D eigenvalue weighted by atomic mass is 10.0. The Labute approximate surface area is 103 Å². The number of nitrogens with zero attached hydrogens (tertiary/aromatic N) is 3. The summed E-state index contributed by atoms with van der Waals surface area (Å²) < 4.78 is 0. The summed E-state index contributed by atoms with van der Waals surface area (Å²) in [5, 5.41) is 3.31. The summed E-state index contributed by atoms with van der Waals surface area (Å²) in [4.78, 5) is 11.0. The molecule has 0 bridgehead atoms. The quantitative estimate of drug-likeness (QED) is 0.869. The van der Waals surface area contributed by atoms with Crippen molar-refractivity contribution in [3.63, 3.8) is 0 Å². The first-order valence-electron chi connectivity index (χ1n) is 6.47. The van der Waals surface area contributed by atoms with Gasteiger partial charge in [-0.3, -0.25) is 0 Å². The number of hydrogen-bond acceptors (Lipinski definition) is 4. The number of anilines is 2. The number of aromatic nitrogens is 2. The second-order valence-electron chi connectivity index (χ2n) is 5.26. The fourth-order valence-electron chi connectivity index (χ4n) is 2.38. The van der Waals surface area contributed by atoms with Crippen LogP contribution in [0.4, 0.5) is 11.6 Å². The lowest BCUT2D eigenvalue weighted by Gasteiger charge is -2.32. The molecule has 1 aliphatic rings. The fraction of sp³-hybridized carbons (Fsp3) is 0.692. The predicted molar refractivity (Wildman–Crippen MR) is 71.5 cm³/mol. The molecule has 2 rings (SSSR count). The van der Waals surface area contributed by atoms with Crippen LogP contribution in [0.15, 0.2) is 12.4 Å². The van der Waals surface area contributed by atoms with Gasteiger partial charge in [0.05, 0.1) is 0 Å². The molecule has 1 fully saturated rings. The van der Waals surface area contributed by atoms with Gasteiger partial charge in [0.2, 0.25) is 0 Å². The van der Waals surface area contributed by atoms with Gasteiger partial charge in [-0.15, -0.1) is 0 Å². The largest absolute Gasteiger partial charge is 0.370 e. The maximum Gasteiger partial charge on any atom is 0.134 e. The van der Waals surface area contributed by atoms with Crippen LogP contribution in [0.3, 0.4) is 0 Å². The van der Waals surface area contributed by atoms with E-state index in [4.69, 9.17) is 0 Å². The van der Waals surface area contributed by atoms with E-state index in [0.29, 0.717) is 0 Å². The van der Waals surface area contributed by atoms with Crippen LogP contribution >= 0.6 is 0 Å². The molecule has 1 saturated heterocycles. The maximum absolute atomic E-state index is 4.40. The van der Waals surface area contributed by atoms with Crippen molar-refractivity contribution in [2.45, 2.75) is 45.6 Å². The Kier molecular flexibility index (Phi) is 3.50. The topological polar surface area (TPSA) is 41.0 Å². The monoisotopic (exact) mass is 234 g/mol. The second-order valence-corrected chi connectivity index (χ2v) is 5.26. The molecule has 0 spiro atoms. The SMILES string of the molecule is CCCNc1cc(N2CCCC2(C)C)ncn1. The van der Waals surface area contributed by atoms with Crippen LogP contribution in [0.1, 0.15) is 40.0 Å². The van der Waals surface area contributed by atoms with Gasteiger partial charge in [0.15, 0.2) is 0 Å². The Morgan fingerprint density at radius 1 is 1.41 bits per heavy atom. The van der Waals surface area contributed by atoms with Crippen molar-refractivity contribution in [1.29, 1.82) is 0 Å². The average Bonchev–Trinajstić information content (AvgIpc) is 2.67. The molecule has 0 aliphatic carbocycles. The molecule has 1 aromatic heterocycles. The zero-order valence-electron chi connectivity index (χ0n) is 11.0. The van der Waals surface area contributed by atoms with E-state index in [-0.39, 0.29) is 5.54 Å². The molecule has 4 heteroatoms. The van der Waals surface area contributed by atoms with Crippen molar-refractivity contribution in [3.8, 4) is 0 Å². The van der Waals surface area contributed by atoms with Crippen molar-refractivity contribution < 1.29 is 0 Å². The zero-order valence-corrected chi connectivity index (χ0v) is 11.0. The molecule has 0 atom stereocenters. The first-order chi connectivity index (χ1) is 8.13. The molecule has 17 heavy (non-hydrogen) atoms. The van der Waals surface area contributed by atoms with Crippen LogP contribution < -0.4 is 10.2 Å². The van der Waals surface area contributed by atoms with Gasteiger partial charge < -0.3 is 10.2 Å². The minimum absolute atomic E-state index is 0.219. The van der Waals surface area contributed by atoms with Crippen LogP contribution in [-0.4, -0.2) is 28.6 Å². The second kappa shape index (κ2) is 4.90. The Hall–Kier alpha value is -1.32. The lowest BCUT2D eigenvalue weighted by molar-refractivity contribution is 0.514. The molecule has 0 saturated carbocycles. The number of hydrogen-bond donors (Lipinski definition) is 1. The molecule has 0 radical (unpaired) electrons. The van der Waals surface area contributed by atoms with Crippen molar-refractivity contribution in [2.75, 3.05) is 23.3 Å². The summed E-state index contributed by atoms with van der Waals surface area (Å²) in [7, 11) is 0. The minimum Gasteiger partial charge on any atom is -0.370 e. The van der Waals surface area contributed by atoms with Gasteiger partial charge in [-0.1, -0.05) is 6.92 Å². The molecule has 4 nitrogen and oxygen atoms in total. The normalized spacial score (nSPS) is 18.4. The lowest BCUT2D eigenvalue weighted by Crippen LogP contribution is -2.38. The van der Waals surface area contributed by atoms with Gasteiger partial charge in [-0.05, 0) is 33.1 Å². The average molecular weight is 234 g/mol. The summed E-state index contributed by atoms with van der Waals surface area (Å²) in [6.07, 6.45) is 5.24. The van der Waals surface area contributed by atoms with Crippen molar-refractivity contribution in [3.05, 3.63) is 12.4 Å². The molecule has 0 amide bonds. The fourth-order valence-corrected chi connectivity index (χ4v) is 2.38. The van der Waals surface area contributed by atoms with E-state index in [1.165, 1.54) is 12.8 Å². The van der Waals surface area contributed by atoms with Crippen LogP contribution in [0, 0.1) is 0 Å². The Morgan fingerprint density at radius 3 is 2.88 bits per heavy atom. The smallest absolute Gasteiger partial charge is 0.134 e. The van der Waals surface area contributed by atoms with Gasteiger partial charge in [-0.2, -0.15) is 0 Å². The highest BCUT2D eigenvalue weighted by Gasteiger charge is 2.32. The van der Waals surface area contributed by atoms with Gasteiger partial charge in [0.1, 0.15) is 18.0 Å². The van der Waals surface area contributed by atoms with Gasteiger partial charge in [0, 0.05) is 24.7 Å². The highest BCUT2D eigenvalue weighted by Crippen LogP contribution is 2.32. The molecule has 0 aromatic carbocycles. The molecule has 1 aliphatic heterocycles. The van der Waals surface area contributed by atoms with Crippen LogP contribution in [-0.2, 0) is 0 Å². The van der Waals surface area contributed by atoms with Crippen molar-refractivity contribution in [2.24, 2.45) is 0 Å². The van der Waals surface area contributed by atoms with E-state index in [1.54, 1.807) is 6.33 Å². The first kappa shape index (κ1) is 12.1. The third-order valence-corrected chi connectivity index (χ3v) is 3.39. The molecule has 0 unspecified atom stereocenters. The molecule has 1 aromatic rings. The number of rotatable bonds is 4. The van der Waals surface area contributed by atoms with E-state index >= 15 is 0 Å². The molecule has 2 heterocycles. The first-order valence-corrected chi connectivity index (χ1v) is 6.47. The summed E-state index contributed by atoms with van der Waals surface area (Å²) >= 11 is 0. The van der Waals surface area contributed by atoms with Gasteiger partial charge in [0.25, 0.3) is 0 Å². The number of nitrogens with one attached hydrogen (secondary N) is 1. The van der Waals surface area contributed by atoms with Crippen LogP contribution in [0.5, 0.6) is 0 Å². The zero-order chi connectivity index (χ0) is 12.3.